The third-order valence-corrected chi connectivity index (χ3v) is 2.94. The molecule has 1 heterocycles. The van der Waals surface area contributed by atoms with Crippen LogP contribution in [0.5, 0.6) is 0 Å². The van der Waals surface area contributed by atoms with Crippen molar-refractivity contribution in [2.24, 2.45) is 0 Å². The van der Waals surface area contributed by atoms with Gasteiger partial charge in [0.15, 0.2) is 17.5 Å². The maximum Gasteiger partial charge on any atom is 0.194 e. The first-order valence-electron chi connectivity index (χ1n) is 5.39. The molecule has 0 amide bonds. The fourth-order valence-electron chi connectivity index (χ4n) is 1.59. The molecule has 0 aliphatic carbocycles. The summed E-state index contributed by atoms with van der Waals surface area (Å²) in [7, 11) is 0. The van der Waals surface area contributed by atoms with E-state index in [9.17, 15) is 13.2 Å². The maximum absolute atomic E-state index is 13.2. The van der Waals surface area contributed by atoms with Crippen LogP contribution in [0.1, 0.15) is 11.1 Å². The van der Waals surface area contributed by atoms with E-state index in [1.54, 1.807) is 0 Å². The lowest BCUT2D eigenvalue weighted by atomic mass is 10.0. The molecule has 20 heavy (non-hydrogen) atoms. The van der Waals surface area contributed by atoms with E-state index in [-0.39, 0.29) is 16.2 Å². The Morgan fingerprint density at radius 2 is 1.60 bits per heavy atom. The van der Waals surface area contributed by atoms with E-state index in [4.69, 9.17) is 16.9 Å². The van der Waals surface area contributed by atoms with Crippen molar-refractivity contribution in [3.63, 3.8) is 0 Å². The smallest absolute Gasteiger partial charge is 0.194 e. The molecule has 0 spiro atoms. The average molecular weight is 295 g/mol. The van der Waals surface area contributed by atoms with Gasteiger partial charge in [0, 0.05) is 18.0 Å². The second-order valence-corrected chi connectivity index (χ2v) is 4.17. The summed E-state index contributed by atoms with van der Waals surface area (Å²) in [6.07, 6.45) is 2.89. The van der Waals surface area contributed by atoms with E-state index in [1.807, 2.05) is 6.07 Å². The van der Waals surface area contributed by atoms with Crippen molar-refractivity contribution >= 4 is 22.2 Å². The van der Waals surface area contributed by atoms with Gasteiger partial charge < -0.3 is 0 Å². The lowest BCUT2D eigenvalue weighted by molar-refractivity contribution is 0.447. The first-order valence-corrected chi connectivity index (χ1v) is 5.77. The summed E-state index contributed by atoms with van der Waals surface area (Å²) in [5.41, 5.74) is 0.341. The molecule has 2 rings (SSSR count). The summed E-state index contributed by atoms with van der Waals surface area (Å²) in [5, 5.41) is 8.96. The van der Waals surface area contributed by atoms with Crippen molar-refractivity contribution < 1.29 is 13.2 Å². The number of benzene rings is 1. The van der Waals surface area contributed by atoms with Gasteiger partial charge in [-0.05, 0) is 29.8 Å². The molecule has 6 heteroatoms. The normalized spacial score (nSPS) is 11.8. The standard InChI is InChI=1S/C14H6ClF3N2/c15-13(9-5-11(16)14(18)12(17)6-9)10(7-19)8-1-3-20-4-2-8/h1-6H/b13-10+. The molecule has 0 radical (unpaired) electrons. The van der Waals surface area contributed by atoms with Gasteiger partial charge in [0.25, 0.3) is 0 Å². The Morgan fingerprint density at radius 3 is 2.10 bits per heavy atom. The molecule has 0 atom stereocenters. The predicted molar refractivity (Wildman–Crippen MR) is 68.8 cm³/mol. The van der Waals surface area contributed by atoms with Gasteiger partial charge in [-0.25, -0.2) is 13.2 Å². The van der Waals surface area contributed by atoms with Crippen molar-refractivity contribution in [1.29, 1.82) is 5.26 Å². The SMILES string of the molecule is N#C/C(=C(\Cl)c1cc(F)c(F)c(F)c1)c1ccncc1. The highest BCUT2D eigenvalue weighted by molar-refractivity contribution is 6.53. The summed E-state index contributed by atoms with van der Waals surface area (Å²) < 4.78 is 39.3. The van der Waals surface area contributed by atoms with E-state index in [0.29, 0.717) is 5.56 Å². The van der Waals surface area contributed by atoms with Gasteiger partial charge in [-0.1, -0.05) is 11.6 Å². The first-order chi connectivity index (χ1) is 9.54. The van der Waals surface area contributed by atoms with Gasteiger partial charge in [-0.3, -0.25) is 4.98 Å². The Kier molecular flexibility index (Phi) is 4.06. The number of nitrogens with zero attached hydrogens (tertiary/aromatic N) is 2. The third-order valence-electron chi connectivity index (χ3n) is 2.54. The Hall–Kier alpha value is -2.32. The van der Waals surface area contributed by atoms with Crippen molar-refractivity contribution in [3.05, 3.63) is 65.2 Å². The van der Waals surface area contributed by atoms with Crippen LogP contribution >= 0.6 is 11.6 Å². The molecule has 2 aromatic rings. The molecule has 2 nitrogen and oxygen atoms in total. The molecular formula is C14H6ClF3N2. The zero-order chi connectivity index (χ0) is 14.7. The molecule has 0 saturated carbocycles. The lowest BCUT2D eigenvalue weighted by Gasteiger charge is -2.05. The molecule has 1 aromatic carbocycles. The number of rotatable bonds is 2. The quantitative estimate of drug-likeness (QED) is 0.617. The molecule has 0 aliphatic rings. The molecule has 0 bridgehead atoms. The molecule has 0 saturated heterocycles. The maximum atomic E-state index is 13.2. The van der Waals surface area contributed by atoms with Crippen LogP contribution in [0.2, 0.25) is 0 Å². The van der Waals surface area contributed by atoms with Crippen LogP contribution in [0.15, 0.2) is 36.7 Å². The lowest BCUT2D eigenvalue weighted by Crippen LogP contribution is -1.94. The third kappa shape index (κ3) is 2.65. The van der Waals surface area contributed by atoms with Crippen molar-refractivity contribution in [2.75, 3.05) is 0 Å². The molecule has 1 aromatic heterocycles. The van der Waals surface area contributed by atoms with Crippen molar-refractivity contribution in [2.45, 2.75) is 0 Å². The van der Waals surface area contributed by atoms with Crippen LogP contribution in [0.3, 0.4) is 0 Å². The number of pyridine rings is 1. The summed E-state index contributed by atoms with van der Waals surface area (Å²) in [4.78, 5) is 3.79. The summed E-state index contributed by atoms with van der Waals surface area (Å²) in [5.74, 6) is -4.32. The first kappa shape index (κ1) is 14.1. The Labute approximate surface area is 117 Å². The highest BCUT2D eigenvalue weighted by Crippen LogP contribution is 2.30. The Morgan fingerprint density at radius 1 is 1.05 bits per heavy atom. The number of halogens is 4. The zero-order valence-electron chi connectivity index (χ0n) is 9.87. The highest BCUT2D eigenvalue weighted by Gasteiger charge is 2.15. The number of hydrogen-bond acceptors (Lipinski definition) is 2. The second-order valence-electron chi connectivity index (χ2n) is 3.79. The van der Waals surface area contributed by atoms with Crippen LogP contribution in [-0.2, 0) is 0 Å². The topological polar surface area (TPSA) is 36.7 Å². The number of hydrogen-bond donors (Lipinski definition) is 0. The Bertz CT molecular complexity index is 698. The predicted octanol–water partition coefficient (Wildman–Crippen LogP) is 4.13. The minimum absolute atomic E-state index is 0.0134. The molecule has 0 N–H and O–H groups in total. The van der Waals surface area contributed by atoms with E-state index in [0.717, 1.165) is 12.1 Å². The minimum Gasteiger partial charge on any atom is -0.265 e. The van der Waals surface area contributed by atoms with Gasteiger partial charge in [-0.2, -0.15) is 5.26 Å². The van der Waals surface area contributed by atoms with Crippen molar-refractivity contribution in [3.8, 4) is 6.07 Å². The number of aromatic nitrogens is 1. The molecular weight excluding hydrogens is 289 g/mol. The van der Waals surface area contributed by atoms with E-state index in [2.05, 4.69) is 4.98 Å². The number of allylic oxidation sites excluding steroid dienone is 1. The van der Waals surface area contributed by atoms with E-state index >= 15 is 0 Å². The van der Waals surface area contributed by atoms with Crippen LogP contribution in [0, 0.1) is 28.8 Å². The molecule has 100 valence electrons. The summed E-state index contributed by atoms with van der Waals surface area (Å²) in [6, 6.07) is 6.37. The molecule has 0 unspecified atom stereocenters. The fraction of sp³-hybridized carbons (Fsp3) is 0. The van der Waals surface area contributed by atoms with Crippen LogP contribution in [-0.4, -0.2) is 4.98 Å². The summed E-state index contributed by atoms with van der Waals surface area (Å²) >= 11 is 5.98. The average Bonchev–Trinajstić information content (AvgIpc) is 2.46. The minimum atomic E-state index is -1.58. The largest absolute Gasteiger partial charge is 0.265 e. The van der Waals surface area contributed by atoms with Crippen molar-refractivity contribution in [1.82, 2.24) is 4.98 Å². The second kappa shape index (κ2) is 5.76. The molecule has 0 fully saturated rings. The van der Waals surface area contributed by atoms with Crippen LogP contribution in [0.25, 0.3) is 10.6 Å². The van der Waals surface area contributed by atoms with E-state index in [1.165, 1.54) is 24.5 Å². The van der Waals surface area contributed by atoms with Gasteiger partial charge in [-0.15, -0.1) is 0 Å². The monoisotopic (exact) mass is 294 g/mol. The van der Waals surface area contributed by atoms with Gasteiger partial charge in [0.1, 0.15) is 6.07 Å². The molecule has 0 aliphatic heterocycles. The van der Waals surface area contributed by atoms with Gasteiger partial charge >= 0.3 is 0 Å². The van der Waals surface area contributed by atoms with E-state index < -0.39 is 17.5 Å². The Balaban J connectivity index is 2.61. The van der Waals surface area contributed by atoms with Crippen LogP contribution in [0.4, 0.5) is 13.2 Å². The highest BCUT2D eigenvalue weighted by atomic mass is 35.5. The summed E-state index contributed by atoms with van der Waals surface area (Å²) in [6.45, 7) is 0. The fourth-order valence-corrected chi connectivity index (χ4v) is 1.85. The number of nitriles is 1. The zero-order valence-corrected chi connectivity index (χ0v) is 10.6. The van der Waals surface area contributed by atoms with Crippen LogP contribution < -0.4 is 0 Å². The van der Waals surface area contributed by atoms with Gasteiger partial charge in [0.2, 0.25) is 0 Å². The van der Waals surface area contributed by atoms with Gasteiger partial charge in [0.05, 0.1) is 10.6 Å².